The molecule has 0 aliphatic rings. The van der Waals surface area contributed by atoms with Crippen molar-refractivity contribution in [3.05, 3.63) is 66.7 Å². The van der Waals surface area contributed by atoms with Crippen LogP contribution in [-0.2, 0) is 4.79 Å². The van der Waals surface area contributed by atoms with Crippen molar-refractivity contribution in [3.8, 4) is 5.75 Å². The molecule has 0 aromatic heterocycles. The summed E-state index contributed by atoms with van der Waals surface area (Å²) in [4.78, 5) is 13.5. The van der Waals surface area contributed by atoms with Gasteiger partial charge in [0.15, 0.2) is 0 Å². The lowest BCUT2D eigenvalue weighted by Crippen LogP contribution is -2.22. The van der Waals surface area contributed by atoms with E-state index in [1.54, 1.807) is 18.9 Å². The molecule has 0 bridgehead atoms. The van der Waals surface area contributed by atoms with Crippen LogP contribution in [0.3, 0.4) is 0 Å². The molecule has 4 heteroatoms. The summed E-state index contributed by atoms with van der Waals surface area (Å²) in [5.74, 6) is 0.698. The Hall–Kier alpha value is -2.46. The highest BCUT2D eigenvalue weighted by atomic mass is 32.2. The van der Waals surface area contributed by atoms with Gasteiger partial charge in [0.05, 0.1) is 12.4 Å². The maximum Gasteiger partial charge on any atom is 0.237 e. The number of rotatable bonds is 5. The Morgan fingerprint density at radius 1 is 1.00 bits per heavy atom. The molecule has 0 spiro atoms. The largest absolute Gasteiger partial charge is 0.497 e. The molecule has 24 heavy (non-hydrogen) atoms. The highest BCUT2D eigenvalue weighted by Gasteiger charge is 2.15. The third-order valence-electron chi connectivity index (χ3n) is 3.74. The highest BCUT2D eigenvalue weighted by molar-refractivity contribution is 8.00. The number of hydrogen-bond acceptors (Lipinski definition) is 3. The molecule has 0 unspecified atom stereocenters. The summed E-state index contributed by atoms with van der Waals surface area (Å²) >= 11 is 1.55. The number of carbonyl (C=O) groups excluding carboxylic acids is 1. The van der Waals surface area contributed by atoms with Gasteiger partial charge in [0, 0.05) is 16.6 Å². The Morgan fingerprint density at radius 2 is 1.79 bits per heavy atom. The SMILES string of the molecule is COc1cccc(NC(=O)[C@@H](C)Sc2ccc3ccccc3c2)c1. The third-order valence-corrected chi connectivity index (χ3v) is 4.83. The summed E-state index contributed by atoms with van der Waals surface area (Å²) in [5, 5.41) is 5.12. The maximum atomic E-state index is 12.4. The average Bonchev–Trinajstić information content (AvgIpc) is 2.61. The Morgan fingerprint density at radius 3 is 2.58 bits per heavy atom. The second-order valence-corrected chi connectivity index (χ2v) is 6.90. The van der Waals surface area contributed by atoms with Crippen LogP contribution in [-0.4, -0.2) is 18.3 Å². The van der Waals surface area contributed by atoms with Crippen molar-refractivity contribution in [1.82, 2.24) is 0 Å². The number of anilines is 1. The van der Waals surface area contributed by atoms with Gasteiger partial charge >= 0.3 is 0 Å². The molecule has 3 aromatic rings. The first kappa shape index (κ1) is 16.4. The van der Waals surface area contributed by atoms with Crippen molar-refractivity contribution < 1.29 is 9.53 Å². The highest BCUT2D eigenvalue weighted by Crippen LogP contribution is 2.28. The normalized spacial score (nSPS) is 11.9. The van der Waals surface area contributed by atoms with Crippen LogP contribution >= 0.6 is 11.8 Å². The number of nitrogens with one attached hydrogen (secondary N) is 1. The van der Waals surface area contributed by atoms with Gasteiger partial charge in [-0.3, -0.25) is 4.79 Å². The van der Waals surface area contributed by atoms with Crippen LogP contribution in [0.5, 0.6) is 5.75 Å². The second kappa shape index (κ2) is 7.41. The number of hydrogen-bond donors (Lipinski definition) is 1. The Balaban J connectivity index is 1.68. The topological polar surface area (TPSA) is 38.3 Å². The van der Waals surface area contributed by atoms with Crippen molar-refractivity contribution in [1.29, 1.82) is 0 Å². The van der Waals surface area contributed by atoms with E-state index in [-0.39, 0.29) is 11.2 Å². The first-order chi connectivity index (χ1) is 11.7. The lowest BCUT2D eigenvalue weighted by Gasteiger charge is -2.13. The molecule has 0 aliphatic carbocycles. The van der Waals surface area contributed by atoms with E-state index < -0.39 is 0 Å². The summed E-state index contributed by atoms with van der Waals surface area (Å²) in [6.07, 6.45) is 0. The molecule has 0 saturated heterocycles. The van der Waals surface area contributed by atoms with Crippen LogP contribution < -0.4 is 10.1 Å². The van der Waals surface area contributed by atoms with E-state index in [0.29, 0.717) is 0 Å². The van der Waals surface area contributed by atoms with Crippen molar-refractivity contribution in [2.75, 3.05) is 12.4 Å². The molecule has 3 nitrogen and oxygen atoms in total. The van der Waals surface area contributed by atoms with E-state index >= 15 is 0 Å². The van der Waals surface area contributed by atoms with Crippen molar-refractivity contribution in [3.63, 3.8) is 0 Å². The van der Waals surface area contributed by atoms with E-state index in [4.69, 9.17) is 4.74 Å². The van der Waals surface area contributed by atoms with Gasteiger partial charge < -0.3 is 10.1 Å². The minimum Gasteiger partial charge on any atom is -0.497 e. The zero-order valence-corrected chi connectivity index (χ0v) is 14.5. The molecule has 0 radical (unpaired) electrons. The Kier molecular flexibility index (Phi) is 5.06. The van der Waals surface area contributed by atoms with Crippen LogP contribution in [0, 0.1) is 0 Å². The van der Waals surface area contributed by atoms with Crippen molar-refractivity contribution in [2.24, 2.45) is 0 Å². The lowest BCUT2D eigenvalue weighted by molar-refractivity contribution is -0.115. The number of ether oxygens (including phenoxy) is 1. The second-order valence-electron chi connectivity index (χ2n) is 5.49. The molecule has 0 saturated carbocycles. The minimum atomic E-state index is -0.197. The zero-order valence-electron chi connectivity index (χ0n) is 13.7. The van der Waals surface area contributed by atoms with Gasteiger partial charge in [-0.2, -0.15) is 0 Å². The molecule has 3 rings (SSSR count). The Labute approximate surface area is 146 Å². The summed E-state index contributed by atoms with van der Waals surface area (Å²) in [7, 11) is 1.61. The summed E-state index contributed by atoms with van der Waals surface area (Å²) < 4.78 is 5.18. The summed E-state index contributed by atoms with van der Waals surface area (Å²) in [6.45, 7) is 1.91. The fraction of sp³-hybridized carbons (Fsp3) is 0.150. The van der Waals surface area contributed by atoms with E-state index in [1.807, 2.05) is 43.3 Å². The van der Waals surface area contributed by atoms with E-state index in [1.165, 1.54) is 10.8 Å². The van der Waals surface area contributed by atoms with Crippen molar-refractivity contribution >= 4 is 34.1 Å². The monoisotopic (exact) mass is 337 g/mol. The molecule has 122 valence electrons. The molecule has 0 heterocycles. The predicted molar refractivity (Wildman–Crippen MR) is 101 cm³/mol. The molecule has 1 amide bonds. The zero-order chi connectivity index (χ0) is 16.9. The van der Waals surface area contributed by atoms with E-state index in [2.05, 4.69) is 35.6 Å². The molecule has 1 N–H and O–H groups in total. The van der Waals surface area contributed by atoms with E-state index in [0.717, 1.165) is 16.3 Å². The van der Waals surface area contributed by atoms with Crippen LogP contribution in [0.15, 0.2) is 71.6 Å². The molecule has 0 fully saturated rings. The molecular formula is C20H19NO2S. The van der Waals surface area contributed by atoms with Gasteiger partial charge in [-0.05, 0) is 42.0 Å². The first-order valence-corrected chi connectivity index (χ1v) is 8.64. The van der Waals surface area contributed by atoms with Crippen LogP contribution in [0.2, 0.25) is 0 Å². The number of carbonyl (C=O) groups is 1. The fourth-order valence-corrected chi connectivity index (χ4v) is 3.36. The standard InChI is InChI=1S/C20H19NO2S/c1-14(20(22)21-17-8-5-9-18(13-17)23-2)24-19-11-10-15-6-3-4-7-16(15)12-19/h3-14H,1-2H3,(H,21,22)/t14-/m1/s1. The van der Waals surface area contributed by atoms with Gasteiger partial charge in [0.1, 0.15) is 5.75 Å². The van der Waals surface area contributed by atoms with Crippen molar-refractivity contribution in [2.45, 2.75) is 17.1 Å². The van der Waals surface area contributed by atoms with Gasteiger partial charge in [-0.25, -0.2) is 0 Å². The maximum absolute atomic E-state index is 12.4. The number of benzene rings is 3. The van der Waals surface area contributed by atoms with Gasteiger partial charge in [-0.15, -0.1) is 11.8 Å². The smallest absolute Gasteiger partial charge is 0.237 e. The number of fused-ring (bicyclic) bond motifs is 1. The first-order valence-electron chi connectivity index (χ1n) is 7.76. The van der Waals surface area contributed by atoms with Gasteiger partial charge in [0.25, 0.3) is 0 Å². The van der Waals surface area contributed by atoms with Crippen LogP contribution in [0.4, 0.5) is 5.69 Å². The minimum absolute atomic E-state index is 0.0265. The molecule has 1 atom stereocenters. The Bertz CT molecular complexity index is 863. The number of methoxy groups -OCH3 is 1. The third kappa shape index (κ3) is 3.89. The fourth-order valence-electron chi connectivity index (χ4n) is 2.44. The quantitative estimate of drug-likeness (QED) is 0.668. The number of thioether (sulfide) groups is 1. The number of amides is 1. The lowest BCUT2D eigenvalue weighted by atomic mass is 10.1. The van der Waals surface area contributed by atoms with E-state index in [9.17, 15) is 4.79 Å². The predicted octanol–water partition coefficient (Wildman–Crippen LogP) is 4.97. The van der Waals surface area contributed by atoms with Gasteiger partial charge in [-0.1, -0.05) is 36.4 Å². The van der Waals surface area contributed by atoms with Crippen LogP contribution in [0.1, 0.15) is 6.92 Å². The van der Waals surface area contributed by atoms with Gasteiger partial charge in [0.2, 0.25) is 5.91 Å². The average molecular weight is 337 g/mol. The van der Waals surface area contributed by atoms with Crippen LogP contribution in [0.25, 0.3) is 10.8 Å². The summed E-state index contributed by atoms with van der Waals surface area (Å²) in [6, 6.07) is 21.9. The molecule has 3 aromatic carbocycles. The molecule has 0 aliphatic heterocycles. The molecular weight excluding hydrogens is 318 g/mol. The summed E-state index contributed by atoms with van der Waals surface area (Å²) in [5.41, 5.74) is 0.741.